The number of likely N-dealkylation sites (tertiary alicyclic amines) is 1. The van der Waals surface area contributed by atoms with Crippen LogP contribution in [0.25, 0.3) is 0 Å². The van der Waals surface area contributed by atoms with Gasteiger partial charge in [0.2, 0.25) is 5.91 Å². The van der Waals surface area contributed by atoms with Gasteiger partial charge in [-0.3, -0.25) is 24.7 Å². The molecule has 2 amide bonds. The van der Waals surface area contributed by atoms with Crippen LogP contribution in [0.3, 0.4) is 0 Å². The van der Waals surface area contributed by atoms with Crippen LogP contribution >= 0.6 is 0 Å². The van der Waals surface area contributed by atoms with Crippen molar-refractivity contribution in [3.05, 3.63) is 69.5 Å². The van der Waals surface area contributed by atoms with E-state index < -0.39 is 4.92 Å². The van der Waals surface area contributed by atoms with Crippen molar-refractivity contribution in [1.82, 2.24) is 15.2 Å². The second-order valence-electron chi connectivity index (χ2n) is 6.90. The average Bonchev–Trinajstić information content (AvgIpc) is 2.72. The Kier molecular flexibility index (Phi) is 5.98. The van der Waals surface area contributed by atoms with Gasteiger partial charge in [0.1, 0.15) is 0 Å². The molecular weight excluding hydrogens is 360 g/mol. The van der Waals surface area contributed by atoms with E-state index in [9.17, 15) is 19.7 Å². The van der Waals surface area contributed by atoms with Crippen LogP contribution in [0.15, 0.2) is 42.7 Å². The number of hydrogen-bond acceptors (Lipinski definition) is 5. The predicted molar refractivity (Wildman–Crippen MR) is 103 cm³/mol. The van der Waals surface area contributed by atoms with E-state index in [0.717, 1.165) is 5.56 Å². The lowest BCUT2D eigenvalue weighted by molar-refractivity contribution is -0.385. The largest absolute Gasteiger partial charge is 0.352 e. The van der Waals surface area contributed by atoms with Crippen molar-refractivity contribution in [3.8, 4) is 0 Å². The number of benzene rings is 1. The number of hydrogen-bond donors (Lipinski definition) is 1. The van der Waals surface area contributed by atoms with Crippen molar-refractivity contribution in [2.24, 2.45) is 5.92 Å². The van der Waals surface area contributed by atoms with Crippen molar-refractivity contribution in [1.29, 1.82) is 0 Å². The highest BCUT2D eigenvalue weighted by Crippen LogP contribution is 2.23. The summed E-state index contributed by atoms with van der Waals surface area (Å²) < 4.78 is 0. The Morgan fingerprint density at radius 2 is 2.04 bits per heavy atom. The number of nitrogens with one attached hydrogen (secondary N) is 1. The number of aromatic nitrogens is 1. The molecule has 8 nitrogen and oxygen atoms in total. The van der Waals surface area contributed by atoms with Crippen molar-refractivity contribution >= 4 is 17.5 Å². The molecule has 28 heavy (non-hydrogen) atoms. The van der Waals surface area contributed by atoms with E-state index in [1.807, 2.05) is 12.1 Å². The van der Waals surface area contributed by atoms with Gasteiger partial charge >= 0.3 is 0 Å². The molecule has 0 unspecified atom stereocenters. The summed E-state index contributed by atoms with van der Waals surface area (Å²) in [5.74, 6) is -0.410. The van der Waals surface area contributed by atoms with E-state index in [4.69, 9.17) is 0 Å². The molecule has 2 aromatic rings. The van der Waals surface area contributed by atoms with Gasteiger partial charge in [-0.05, 0) is 37.5 Å². The highest BCUT2D eigenvalue weighted by atomic mass is 16.6. The minimum atomic E-state index is -0.481. The second-order valence-corrected chi connectivity index (χ2v) is 6.90. The number of nitro groups is 1. The topological polar surface area (TPSA) is 105 Å². The zero-order valence-electron chi connectivity index (χ0n) is 15.6. The van der Waals surface area contributed by atoms with Crippen LogP contribution < -0.4 is 5.32 Å². The number of piperidine rings is 1. The smallest absolute Gasteiger partial charge is 0.273 e. The fourth-order valence-corrected chi connectivity index (χ4v) is 3.30. The molecule has 0 bridgehead atoms. The molecule has 1 aliphatic rings. The van der Waals surface area contributed by atoms with Crippen LogP contribution in [0, 0.1) is 23.0 Å². The van der Waals surface area contributed by atoms with Crippen LogP contribution in [0.4, 0.5) is 5.69 Å². The highest BCUT2D eigenvalue weighted by Gasteiger charge is 2.28. The van der Waals surface area contributed by atoms with Crippen LogP contribution in [-0.2, 0) is 11.3 Å². The van der Waals surface area contributed by atoms with E-state index in [1.165, 1.54) is 6.07 Å². The number of amides is 2. The first kappa shape index (κ1) is 19.5. The molecule has 0 aliphatic carbocycles. The van der Waals surface area contributed by atoms with Gasteiger partial charge in [-0.2, -0.15) is 0 Å². The molecule has 2 heterocycles. The van der Waals surface area contributed by atoms with Gasteiger partial charge < -0.3 is 10.2 Å². The van der Waals surface area contributed by atoms with Crippen molar-refractivity contribution < 1.29 is 14.5 Å². The Balaban J connectivity index is 1.54. The summed E-state index contributed by atoms with van der Waals surface area (Å²) >= 11 is 0. The average molecular weight is 382 g/mol. The Hall–Kier alpha value is -3.29. The molecular formula is C20H22N4O4. The van der Waals surface area contributed by atoms with Crippen LogP contribution in [-0.4, -0.2) is 39.7 Å². The number of carbonyl (C=O) groups excluding carboxylic acids is 2. The lowest BCUT2D eigenvalue weighted by Crippen LogP contribution is -2.43. The number of pyridine rings is 1. The predicted octanol–water partition coefficient (Wildman–Crippen LogP) is 2.47. The Morgan fingerprint density at radius 3 is 2.68 bits per heavy atom. The molecule has 1 aromatic carbocycles. The van der Waals surface area contributed by atoms with Crippen LogP contribution in [0.1, 0.15) is 34.3 Å². The summed E-state index contributed by atoms with van der Waals surface area (Å²) in [4.78, 5) is 41.3. The molecule has 1 aromatic heterocycles. The normalized spacial score (nSPS) is 14.5. The molecule has 0 radical (unpaired) electrons. The first-order valence-corrected chi connectivity index (χ1v) is 9.16. The van der Waals surface area contributed by atoms with E-state index in [1.54, 1.807) is 36.4 Å². The minimum absolute atomic E-state index is 0.0260. The number of carbonyl (C=O) groups is 2. The Bertz CT molecular complexity index is 877. The maximum absolute atomic E-state index is 12.7. The maximum atomic E-state index is 12.7. The van der Waals surface area contributed by atoms with Crippen LogP contribution in [0.5, 0.6) is 0 Å². The monoisotopic (exact) mass is 382 g/mol. The third-order valence-corrected chi connectivity index (χ3v) is 5.00. The molecule has 8 heteroatoms. The lowest BCUT2D eigenvalue weighted by atomic mass is 9.95. The quantitative estimate of drug-likeness (QED) is 0.632. The zero-order chi connectivity index (χ0) is 20.1. The van der Waals surface area contributed by atoms with Crippen molar-refractivity contribution in [2.75, 3.05) is 13.1 Å². The third-order valence-electron chi connectivity index (χ3n) is 5.00. The minimum Gasteiger partial charge on any atom is -0.352 e. The van der Waals surface area contributed by atoms with Gasteiger partial charge in [-0.15, -0.1) is 0 Å². The summed E-state index contributed by atoms with van der Waals surface area (Å²) in [6, 6.07) is 8.24. The van der Waals surface area contributed by atoms with Crippen LogP contribution in [0.2, 0.25) is 0 Å². The molecule has 3 rings (SSSR count). The standard InChI is InChI=1S/C20H22N4O4/c1-14-4-5-17(11-18(14)24(27)28)20(26)23-9-6-16(7-10-23)19(25)22-13-15-3-2-8-21-12-15/h2-5,8,11-12,16H,6-7,9-10,13H2,1H3,(H,22,25). The first-order valence-electron chi connectivity index (χ1n) is 9.16. The van der Waals surface area contributed by atoms with Gasteiger partial charge in [0.15, 0.2) is 0 Å². The molecule has 1 N–H and O–H groups in total. The molecule has 146 valence electrons. The SMILES string of the molecule is Cc1ccc(C(=O)N2CCC(C(=O)NCc3cccnc3)CC2)cc1[N+](=O)[O-]. The summed E-state index contributed by atoms with van der Waals surface area (Å²) in [5, 5.41) is 14.0. The molecule has 1 saturated heterocycles. The van der Waals surface area contributed by atoms with Gasteiger partial charge in [0.25, 0.3) is 11.6 Å². The fourth-order valence-electron chi connectivity index (χ4n) is 3.30. The molecule has 1 aliphatic heterocycles. The molecule has 0 spiro atoms. The van der Waals surface area contributed by atoms with Gasteiger partial charge in [-0.25, -0.2) is 0 Å². The summed E-state index contributed by atoms with van der Waals surface area (Å²) in [6.45, 7) is 2.97. The lowest BCUT2D eigenvalue weighted by Gasteiger charge is -2.31. The Morgan fingerprint density at radius 1 is 1.29 bits per heavy atom. The van der Waals surface area contributed by atoms with E-state index in [0.29, 0.717) is 43.6 Å². The van der Waals surface area contributed by atoms with E-state index >= 15 is 0 Å². The highest BCUT2D eigenvalue weighted by molar-refractivity contribution is 5.95. The zero-order valence-corrected chi connectivity index (χ0v) is 15.6. The second kappa shape index (κ2) is 8.60. The summed E-state index contributed by atoms with van der Waals surface area (Å²) in [7, 11) is 0. The number of aryl methyl sites for hydroxylation is 1. The van der Waals surface area contributed by atoms with Gasteiger partial charge in [0, 0.05) is 55.1 Å². The van der Waals surface area contributed by atoms with E-state index in [2.05, 4.69) is 10.3 Å². The molecule has 0 atom stereocenters. The first-order chi connectivity index (χ1) is 13.5. The Labute approximate surface area is 162 Å². The molecule has 1 fully saturated rings. The maximum Gasteiger partial charge on any atom is 0.273 e. The molecule has 0 saturated carbocycles. The van der Waals surface area contributed by atoms with Crippen molar-refractivity contribution in [2.45, 2.75) is 26.3 Å². The fraction of sp³-hybridized carbons (Fsp3) is 0.350. The van der Waals surface area contributed by atoms with Gasteiger partial charge in [-0.1, -0.05) is 12.1 Å². The number of rotatable bonds is 5. The van der Waals surface area contributed by atoms with Gasteiger partial charge in [0.05, 0.1) is 4.92 Å². The number of nitrogens with zero attached hydrogens (tertiary/aromatic N) is 3. The van der Waals surface area contributed by atoms with E-state index in [-0.39, 0.29) is 23.4 Å². The summed E-state index contributed by atoms with van der Waals surface area (Å²) in [5.41, 5.74) is 1.70. The number of nitro benzene ring substituents is 1. The third kappa shape index (κ3) is 4.51. The van der Waals surface area contributed by atoms with Crippen molar-refractivity contribution in [3.63, 3.8) is 0 Å². The summed E-state index contributed by atoms with van der Waals surface area (Å²) in [6.07, 6.45) is 4.53.